The van der Waals surface area contributed by atoms with Crippen LogP contribution in [0.25, 0.3) is 0 Å². The predicted octanol–water partition coefficient (Wildman–Crippen LogP) is 2.80. The normalized spacial score (nSPS) is 15.0. The van der Waals surface area contributed by atoms with E-state index in [1.54, 1.807) is 0 Å². The van der Waals surface area contributed by atoms with Gasteiger partial charge in [0.25, 0.3) is 0 Å². The molecule has 0 unspecified atom stereocenters. The number of piperazine rings is 1. The van der Waals surface area contributed by atoms with E-state index in [0.29, 0.717) is 18.1 Å². The Bertz CT molecular complexity index is 743. The Labute approximate surface area is 143 Å². The molecule has 0 radical (unpaired) electrons. The van der Waals surface area contributed by atoms with E-state index in [1.807, 2.05) is 18.7 Å². The van der Waals surface area contributed by atoms with Crippen LogP contribution in [0.1, 0.15) is 28.5 Å². The van der Waals surface area contributed by atoms with Gasteiger partial charge in [-0.05, 0) is 38.0 Å². The lowest BCUT2D eigenvalue weighted by atomic mass is 10.1. The second-order valence-electron chi connectivity index (χ2n) is 6.51. The summed E-state index contributed by atoms with van der Waals surface area (Å²) in [7, 11) is 0. The second-order valence-corrected chi connectivity index (χ2v) is 6.51. The number of benzene rings is 1. The van der Waals surface area contributed by atoms with Crippen molar-refractivity contribution in [1.82, 2.24) is 9.88 Å². The number of rotatable bonds is 3. The van der Waals surface area contributed by atoms with E-state index in [2.05, 4.69) is 41.9 Å². The van der Waals surface area contributed by atoms with Crippen molar-refractivity contribution >= 4 is 11.6 Å². The van der Waals surface area contributed by atoms with Crippen molar-refractivity contribution in [3.63, 3.8) is 0 Å². The average Bonchev–Trinajstić information content (AvgIpc) is 2.87. The van der Waals surface area contributed by atoms with Gasteiger partial charge in [-0.1, -0.05) is 12.1 Å². The molecule has 5 heteroatoms. The molecule has 0 atom stereocenters. The van der Waals surface area contributed by atoms with Crippen LogP contribution < -0.4 is 4.90 Å². The summed E-state index contributed by atoms with van der Waals surface area (Å²) in [6.07, 6.45) is 0.302. The fourth-order valence-corrected chi connectivity index (χ4v) is 3.26. The third kappa shape index (κ3) is 3.30. The highest BCUT2D eigenvalue weighted by atomic mass is 16.4. The Morgan fingerprint density at radius 1 is 1.12 bits per heavy atom. The molecule has 3 rings (SSSR count). The van der Waals surface area contributed by atoms with Crippen LogP contribution in [-0.4, -0.2) is 42.0 Å². The number of anilines is 1. The maximum Gasteiger partial charge on any atom is 0.230 e. The fourth-order valence-electron chi connectivity index (χ4n) is 3.26. The van der Waals surface area contributed by atoms with Gasteiger partial charge < -0.3 is 14.2 Å². The first kappa shape index (κ1) is 16.6. The number of aryl methyl sites for hydroxylation is 3. The average molecular weight is 327 g/mol. The highest BCUT2D eigenvalue weighted by Crippen LogP contribution is 2.24. The molecule has 0 N–H and O–H groups in total. The molecular weight excluding hydrogens is 302 g/mol. The van der Waals surface area contributed by atoms with Crippen molar-refractivity contribution in [2.45, 2.75) is 34.1 Å². The number of carbonyl (C=O) groups is 1. The molecule has 0 spiro atoms. The van der Waals surface area contributed by atoms with E-state index in [0.717, 1.165) is 31.9 Å². The van der Waals surface area contributed by atoms with Gasteiger partial charge in [0.2, 0.25) is 5.91 Å². The molecule has 1 saturated heterocycles. The van der Waals surface area contributed by atoms with Gasteiger partial charge in [-0.15, -0.1) is 0 Å². The number of aromatic nitrogens is 1. The molecule has 0 aliphatic carbocycles. The second kappa shape index (κ2) is 6.67. The van der Waals surface area contributed by atoms with Gasteiger partial charge in [0.15, 0.2) is 5.89 Å². The molecule has 2 aromatic rings. The number of hydrogen-bond acceptors (Lipinski definition) is 4. The quantitative estimate of drug-likeness (QED) is 0.870. The number of amides is 1. The third-order valence-electron chi connectivity index (χ3n) is 4.86. The summed E-state index contributed by atoms with van der Waals surface area (Å²) >= 11 is 0. The summed E-state index contributed by atoms with van der Waals surface area (Å²) in [5.41, 5.74) is 4.73. The summed E-state index contributed by atoms with van der Waals surface area (Å²) in [5.74, 6) is 1.43. The molecule has 5 nitrogen and oxygen atoms in total. The zero-order valence-electron chi connectivity index (χ0n) is 14.9. The molecule has 1 aliphatic heterocycles. The van der Waals surface area contributed by atoms with Crippen molar-refractivity contribution in [2.24, 2.45) is 0 Å². The standard InChI is InChI=1S/C19H25N3O2/c1-13-6-5-7-17(14(13)2)21-8-10-22(11-9-21)19(23)12-18-15(3)20-16(4)24-18/h5-7H,8-12H2,1-4H3. The summed E-state index contributed by atoms with van der Waals surface area (Å²) in [5, 5.41) is 0. The van der Waals surface area contributed by atoms with Crippen LogP contribution in [-0.2, 0) is 11.2 Å². The van der Waals surface area contributed by atoms with Crippen LogP contribution in [0.2, 0.25) is 0 Å². The molecule has 1 aromatic heterocycles. The molecule has 1 amide bonds. The largest absolute Gasteiger partial charge is 0.445 e. The van der Waals surface area contributed by atoms with Gasteiger partial charge in [0.05, 0.1) is 12.1 Å². The van der Waals surface area contributed by atoms with Crippen molar-refractivity contribution < 1.29 is 9.21 Å². The highest BCUT2D eigenvalue weighted by Gasteiger charge is 2.24. The van der Waals surface area contributed by atoms with E-state index < -0.39 is 0 Å². The number of nitrogens with zero attached hydrogens (tertiary/aromatic N) is 3. The predicted molar refractivity (Wildman–Crippen MR) is 94.4 cm³/mol. The number of carbonyl (C=O) groups excluding carboxylic acids is 1. The van der Waals surface area contributed by atoms with Gasteiger partial charge in [-0.25, -0.2) is 4.98 Å². The van der Waals surface area contributed by atoms with Gasteiger partial charge in [-0.2, -0.15) is 0 Å². The van der Waals surface area contributed by atoms with Crippen molar-refractivity contribution in [3.05, 3.63) is 46.7 Å². The van der Waals surface area contributed by atoms with Gasteiger partial charge >= 0.3 is 0 Å². The Morgan fingerprint density at radius 3 is 2.46 bits per heavy atom. The zero-order chi connectivity index (χ0) is 17.3. The summed E-state index contributed by atoms with van der Waals surface area (Å²) in [6.45, 7) is 11.2. The van der Waals surface area contributed by atoms with Crippen LogP contribution in [0.15, 0.2) is 22.6 Å². The third-order valence-corrected chi connectivity index (χ3v) is 4.86. The Morgan fingerprint density at radius 2 is 1.83 bits per heavy atom. The van der Waals surface area contributed by atoms with E-state index in [4.69, 9.17) is 4.42 Å². The topological polar surface area (TPSA) is 49.6 Å². The van der Waals surface area contributed by atoms with E-state index >= 15 is 0 Å². The molecular formula is C19H25N3O2. The van der Waals surface area contributed by atoms with Crippen molar-refractivity contribution in [2.75, 3.05) is 31.1 Å². The van der Waals surface area contributed by atoms with Gasteiger partial charge in [-0.3, -0.25) is 4.79 Å². The Hall–Kier alpha value is -2.30. The molecule has 2 heterocycles. The Balaban J connectivity index is 1.61. The smallest absolute Gasteiger partial charge is 0.230 e. The van der Waals surface area contributed by atoms with Gasteiger partial charge in [0.1, 0.15) is 5.76 Å². The van der Waals surface area contributed by atoms with Crippen LogP contribution in [0.3, 0.4) is 0 Å². The first-order valence-electron chi connectivity index (χ1n) is 8.47. The molecule has 128 valence electrons. The maximum atomic E-state index is 12.5. The van der Waals surface area contributed by atoms with E-state index in [1.165, 1.54) is 16.8 Å². The van der Waals surface area contributed by atoms with Crippen LogP contribution >= 0.6 is 0 Å². The molecule has 0 bridgehead atoms. The lowest BCUT2D eigenvalue weighted by molar-refractivity contribution is -0.131. The number of oxazole rings is 1. The Kier molecular flexibility index (Phi) is 4.60. The molecule has 1 fully saturated rings. The summed E-state index contributed by atoms with van der Waals surface area (Å²) in [6, 6.07) is 6.41. The van der Waals surface area contributed by atoms with Crippen molar-refractivity contribution in [3.8, 4) is 0 Å². The van der Waals surface area contributed by atoms with E-state index in [9.17, 15) is 4.79 Å². The van der Waals surface area contributed by atoms with Crippen molar-refractivity contribution in [1.29, 1.82) is 0 Å². The molecule has 24 heavy (non-hydrogen) atoms. The SMILES string of the molecule is Cc1nc(C)c(CC(=O)N2CCN(c3cccc(C)c3C)CC2)o1. The summed E-state index contributed by atoms with van der Waals surface area (Å²) in [4.78, 5) is 21.0. The first-order chi connectivity index (χ1) is 11.5. The molecule has 1 aromatic carbocycles. The zero-order valence-corrected chi connectivity index (χ0v) is 14.9. The molecule has 0 saturated carbocycles. The highest BCUT2D eigenvalue weighted by molar-refractivity contribution is 5.78. The first-order valence-corrected chi connectivity index (χ1v) is 8.47. The van der Waals surface area contributed by atoms with Gasteiger partial charge in [0, 0.05) is 38.8 Å². The molecule has 1 aliphatic rings. The van der Waals surface area contributed by atoms with Crippen LogP contribution in [0.4, 0.5) is 5.69 Å². The van der Waals surface area contributed by atoms with Crippen LogP contribution in [0.5, 0.6) is 0 Å². The minimum absolute atomic E-state index is 0.120. The van der Waals surface area contributed by atoms with E-state index in [-0.39, 0.29) is 5.91 Å². The number of hydrogen-bond donors (Lipinski definition) is 0. The summed E-state index contributed by atoms with van der Waals surface area (Å²) < 4.78 is 5.53. The fraction of sp³-hybridized carbons (Fsp3) is 0.474. The maximum absolute atomic E-state index is 12.5. The minimum atomic E-state index is 0.120. The lowest BCUT2D eigenvalue weighted by Crippen LogP contribution is -2.49. The lowest BCUT2D eigenvalue weighted by Gasteiger charge is -2.37. The minimum Gasteiger partial charge on any atom is -0.445 e. The van der Waals surface area contributed by atoms with Crippen LogP contribution in [0, 0.1) is 27.7 Å². The monoisotopic (exact) mass is 327 g/mol.